The number of benzene rings is 2. The molecule has 0 saturated carbocycles. The Labute approximate surface area is 235 Å². The first kappa shape index (κ1) is 31.6. The Balaban J connectivity index is 1.76. The summed E-state index contributed by atoms with van der Waals surface area (Å²) in [7, 11) is 2.03. The van der Waals surface area contributed by atoms with Gasteiger partial charge >= 0.3 is 0 Å². The summed E-state index contributed by atoms with van der Waals surface area (Å²) in [5, 5.41) is 23.0. The molecule has 2 aromatic carbocycles. The predicted molar refractivity (Wildman–Crippen MR) is 163 cm³/mol. The second-order valence-electron chi connectivity index (χ2n) is 10.5. The fourth-order valence-electron chi connectivity index (χ4n) is 4.31. The first-order chi connectivity index (χ1) is 18.2. The summed E-state index contributed by atoms with van der Waals surface area (Å²) in [6.07, 6.45) is 12.9. The molecule has 4 nitrogen and oxygen atoms in total. The minimum atomic E-state index is -0.440. The molecule has 2 N–H and O–H groups in total. The van der Waals surface area contributed by atoms with Gasteiger partial charge in [-0.05, 0) is 106 Å². The van der Waals surface area contributed by atoms with Crippen LogP contribution in [0.5, 0.6) is 0 Å². The molecule has 0 saturated heterocycles. The molecule has 0 aliphatic rings. The van der Waals surface area contributed by atoms with Gasteiger partial charge in [0.15, 0.2) is 0 Å². The molecule has 0 aliphatic heterocycles. The lowest BCUT2D eigenvalue weighted by Crippen LogP contribution is -2.45. The van der Waals surface area contributed by atoms with Crippen LogP contribution in [0, 0.1) is 18.3 Å². The highest BCUT2D eigenvalue weighted by Gasteiger charge is 2.19. The third-order valence-corrected chi connectivity index (χ3v) is 7.42. The summed E-state index contributed by atoms with van der Waals surface area (Å²) in [5.41, 5.74) is 5.02. The first-order valence-electron chi connectivity index (χ1n) is 13.5. The SMILES string of the molecule is C=C/C=C(\C=C/Cc1ccc(SN(C)CC(O)CNC(C)(C)CCCc2ccccc2)cc1C)CCC#N. The summed E-state index contributed by atoms with van der Waals surface area (Å²) in [6, 6.07) is 19.3. The fraction of sp³-hybridized carbons (Fsp3) is 0.424. The summed E-state index contributed by atoms with van der Waals surface area (Å²) < 4.78 is 2.10. The molecule has 5 heteroatoms. The molecule has 0 fully saturated rings. The summed E-state index contributed by atoms with van der Waals surface area (Å²) in [4.78, 5) is 1.17. The van der Waals surface area contributed by atoms with Crippen molar-refractivity contribution in [3.63, 3.8) is 0 Å². The number of hydrogen-bond acceptors (Lipinski definition) is 5. The minimum Gasteiger partial charge on any atom is -0.390 e. The van der Waals surface area contributed by atoms with Crippen molar-refractivity contribution in [3.8, 4) is 6.07 Å². The number of nitriles is 1. The van der Waals surface area contributed by atoms with Gasteiger partial charge in [0.05, 0.1) is 12.2 Å². The number of nitrogens with zero attached hydrogens (tertiary/aromatic N) is 2. The van der Waals surface area contributed by atoms with Crippen LogP contribution in [-0.2, 0) is 12.8 Å². The third-order valence-electron chi connectivity index (χ3n) is 6.50. The topological polar surface area (TPSA) is 59.3 Å². The first-order valence-corrected chi connectivity index (χ1v) is 14.3. The van der Waals surface area contributed by atoms with Crippen LogP contribution in [0.4, 0.5) is 0 Å². The standard InChI is InChI=1S/C33H45N3OS/c1-6-13-28(18-12-23-34)16-10-19-30-20-21-32(24-27(30)2)38-36(5)26-31(37)25-35-33(3,4)22-11-17-29-14-8-7-9-15-29/h6-10,13-16,20-21,24,31,35,37H,1,11-12,17-19,22,25-26H2,2-5H3/b16-10-,28-13+. The number of aliphatic hydroxyl groups is 1. The highest BCUT2D eigenvalue weighted by atomic mass is 32.2. The van der Waals surface area contributed by atoms with Crippen molar-refractivity contribution in [3.05, 3.63) is 102 Å². The van der Waals surface area contributed by atoms with E-state index in [-0.39, 0.29) is 5.54 Å². The number of aryl methyl sites for hydroxylation is 2. The van der Waals surface area contributed by atoms with E-state index >= 15 is 0 Å². The van der Waals surface area contributed by atoms with Crippen LogP contribution in [0.25, 0.3) is 0 Å². The van der Waals surface area contributed by atoms with Gasteiger partial charge in [-0.25, -0.2) is 4.31 Å². The van der Waals surface area contributed by atoms with Gasteiger partial charge in [-0.15, -0.1) is 0 Å². The third kappa shape index (κ3) is 12.8. The lowest BCUT2D eigenvalue weighted by Gasteiger charge is -2.29. The molecule has 38 heavy (non-hydrogen) atoms. The number of likely N-dealkylation sites (N-methyl/N-ethyl adjacent to an activating group) is 1. The molecule has 1 atom stereocenters. The van der Waals surface area contributed by atoms with E-state index in [0.29, 0.717) is 19.5 Å². The molecule has 2 aromatic rings. The average Bonchev–Trinajstić information content (AvgIpc) is 2.88. The van der Waals surface area contributed by atoms with Crippen LogP contribution in [0.2, 0.25) is 0 Å². The van der Waals surface area contributed by atoms with E-state index in [1.807, 2.05) is 13.1 Å². The van der Waals surface area contributed by atoms with Crippen molar-refractivity contribution in [2.45, 2.75) is 75.8 Å². The second-order valence-corrected chi connectivity index (χ2v) is 11.8. The lowest BCUT2D eigenvalue weighted by atomic mass is 9.95. The van der Waals surface area contributed by atoms with E-state index in [4.69, 9.17) is 5.26 Å². The smallest absolute Gasteiger partial charge is 0.0800 e. The number of nitrogens with one attached hydrogen (secondary N) is 1. The summed E-state index contributed by atoms with van der Waals surface area (Å²) >= 11 is 1.66. The normalized spacial score (nSPS) is 13.1. The molecule has 204 valence electrons. The Morgan fingerprint density at radius 2 is 2.00 bits per heavy atom. The molecule has 0 radical (unpaired) electrons. The zero-order valence-electron chi connectivity index (χ0n) is 23.6. The maximum absolute atomic E-state index is 10.6. The van der Waals surface area contributed by atoms with E-state index in [2.05, 4.69) is 104 Å². The average molecular weight is 532 g/mol. The Bertz CT molecular complexity index is 1090. The number of hydrogen-bond donors (Lipinski definition) is 2. The summed E-state index contributed by atoms with van der Waals surface area (Å²) in [5.74, 6) is 0. The van der Waals surface area contributed by atoms with Crippen LogP contribution in [0.1, 0.15) is 56.2 Å². The van der Waals surface area contributed by atoms with Gasteiger partial charge in [0.25, 0.3) is 0 Å². The summed E-state index contributed by atoms with van der Waals surface area (Å²) in [6.45, 7) is 11.5. The minimum absolute atomic E-state index is 0.0131. The highest BCUT2D eigenvalue weighted by molar-refractivity contribution is 7.97. The van der Waals surface area contributed by atoms with Crippen LogP contribution in [0.3, 0.4) is 0 Å². The molecule has 2 rings (SSSR count). The largest absolute Gasteiger partial charge is 0.390 e. The van der Waals surface area contributed by atoms with Crippen molar-refractivity contribution in [1.29, 1.82) is 5.26 Å². The molecule has 0 aliphatic carbocycles. The molecular formula is C33H45N3OS. The van der Waals surface area contributed by atoms with Gasteiger partial charge in [-0.3, -0.25) is 0 Å². The molecule has 0 heterocycles. The van der Waals surface area contributed by atoms with Crippen LogP contribution in [-0.4, -0.2) is 41.2 Å². The Morgan fingerprint density at radius 3 is 2.68 bits per heavy atom. The van der Waals surface area contributed by atoms with Gasteiger partial charge < -0.3 is 10.4 Å². The maximum Gasteiger partial charge on any atom is 0.0800 e. The Hall–Kier alpha value is -2.62. The Kier molecular flexibility index (Phi) is 14.2. The zero-order valence-corrected chi connectivity index (χ0v) is 24.4. The van der Waals surface area contributed by atoms with E-state index in [0.717, 1.165) is 37.7 Å². The van der Waals surface area contributed by atoms with Gasteiger partial charge in [-0.2, -0.15) is 5.26 Å². The van der Waals surface area contributed by atoms with E-state index < -0.39 is 6.10 Å². The number of aliphatic hydroxyl groups excluding tert-OH is 1. The lowest BCUT2D eigenvalue weighted by molar-refractivity contribution is 0.140. The van der Waals surface area contributed by atoms with Crippen molar-refractivity contribution in [2.75, 3.05) is 20.1 Å². The zero-order chi connectivity index (χ0) is 27.8. The van der Waals surface area contributed by atoms with Crippen molar-refractivity contribution in [1.82, 2.24) is 9.62 Å². The van der Waals surface area contributed by atoms with Gasteiger partial charge in [0.2, 0.25) is 0 Å². The predicted octanol–water partition coefficient (Wildman–Crippen LogP) is 7.20. The molecule has 0 spiro atoms. The van der Waals surface area contributed by atoms with E-state index in [1.54, 1.807) is 18.0 Å². The van der Waals surface area contributed by atoms with Crippen molar-refractivity contribution < 1.29 is 5.11 Å². The van der Waals surface area contributed by atoms with Gasteiger partial charge in [0, 0.05) is 29.9 Å². The van der Waals surface area contributed by atoms with Gasteiger partial charge in [-0.1, -0.05) is 67.3 Å². The molecule has 0 aromatic heterocycles. The van der Waals surface area contributed by atoms with Crippen LogP contribution >= 0.6 is 11.9 Å². The van der Waals surface area contributed by atoms with Crippen molar-refractivity contribution in [2.24, 2.45) is 0 Å². The van der Waals surface area contributed by atoms with E-state index in [1.165, 1.54) is 21.6 Å². The van der Waals surface area contributed by atoms with Crippen LogP contribution < -0.4 is 5.32 Å². The monoisotopic (exact) mass is 531 g/mol. The number of rotatable bonds is 17. The maximum atomic E-state index is 10.6. The Morgan fingerprint density at radius 1 is 1.24 bits per heavy atom. The quantitative estimate of drug-likeness (QED) is 0.167. The molecule has 0 amide bonds. The second kappa shape index (κ2) is 17.1. The van der Waals surface area contributed by atoms with Gasteiger partial charge in [0.1, 0.15) is 0 Å². The number of allylic oxidation sites excluding steroid dienone is 5. The number of β-amino-alcohol motifs (C(OH)–C–C–N with tert-alkyl or cyclic N) is 1. The van der Waals surface area contributed by atoms with Crippen LogP contribution in [0.15, 0.2) is 89.9 Å². The molecule has 1 unspecified atom stereocenters. The van der Waals surface area contributed by atoms with Crippen molar-refractivity contribution >= 4 is 11.9 Å². The molecule has 0 bridgehead atoms. The highest BCUT2D eigenvalue weighted by Crippen LogP contribution is 2.25. The molecular weight excluding hydrogens is 486 g/mol. The fourth-order valence-corrected chi connectivity index (χ4v) is 5.27. The van der Waals surface area contributed by atoms with E-state index in [9.17, 15) is 5.11 Å².